The van der Waals surface area contributed by atoms with Crippen molar-refractivity contribution in [2.24, 2.45) is 0 Å². The molecule has 0 aliphatic carbocycles. The third-order valence-corrected chi connectivity index (χ3v) is 7.06. The first-order valence-electron chi connectivity index (χ1n) is 12.9. The molecule has 0 spiro atoms. The quantitative estimate of drug-likeness (QED) is 0.333. The molecule has 0 saturated carbocycles. The van der Waals surface area contributed by atoms with Crippen LogP contribution in [0.5, 0.6) is 0 Å². The van der Waals surface area contributed by atoms with Gasteiger partial charge >= 0.3 is 6.18 Å². The highest BCUT2D eigenvalue weighted by Crippen LogP contribution is 2.36. The molecule has 2 aromatic rings. The van der Waals surface area contributed by atoms with Crippen LogP contribution in [0.2, 0.25) is 0 Å². The number of hydrogen-bond acceptors (Lipinski definition) is 5. The van der Waals surface area contributed by atoms with E-state index >= 15 is 0 Å². The van der Waals surface area contributed by atoms with Gasteiger partial charge in [0.2, 0.25) is 0 Å². The molecule has 3 unspecified atom stereocenters. The van der Waals surface area contributed by atoms with Crippen molar-refractivity contribution in [2.75, 3.05) is 46.5 Å². The monoisotopic (exact) mass is 534 g/mol. The second-order valence-electron chi connectivity index (χ2n) is 9.69. The number of benzene rings is 2. The van der Waals surface area contributed by atoms with Crippen LogP contribution in [0.1, 0.15) is 48.6 Å². The summed E-state index contributed by atoms with van der Waals surface area (Å²) in [4.78, 5) is 4.50. The molecular formula is C29H34F4N2O3. The Labute approximate surface area is 221 Å². The van der Waals surface area contributed by atoms with E-state index < -0.39 is 30.0 Å². The second-order valence-corrected chi connectivity index (χ2v) is 9.69. The summed E-state index contributed by atoms with van der Waals surface area (Å²) in [5.74, 6) is 5.62. The van der Waals surface area contributed by atoms with Crippen molar-refractivity contribution in [2.45, 2.75) is 50.4 Å². The van der Waals surface area contributed by atoms with E-state index in [1.807, 2.05) is 30.3 Å². The number of methoxy groups -OCH3 is 1. The van der Waals surface area contributed by atoms with Gasteiger partial charge in [-0.15, -0.1) is 0 Å². The average Bonchev–Trinajstić information content (AvgIpc) is 3.33. The van der Waals surface area contributed by atoms with E-state index in [0.29, 0.717) is 45.0 Å². The van der Waals surface area contributed by atoms with Gasteiger partial charge in [0.15, 0.2) is 6.29 Å². The minimum absolute atomic E-state index is 0.0980. The third-order valence-electron chi connectivity index (χ3n) is 7.06. The van der Waals surface area contributed by atoms with Gasteiger partial charge in [-0.2, -0.15) is 13.2 Å². The molecule has 0 N–H and O–H groups in total. The fraction of sp³-hybridized carbons (Fsp3) is 0.517. The van der Waals surface area contributed by atoms with E-state index in [9.17, 15) is 17.6 Å². The highest BCUT2D eigenvalue weighted by molar-refractivity contribution is 5.28. The van der Waals surface area contributed by atoms with Gasteiger partial charge in [0, 0.05) is 19.7 Å². The summed E-state index contributed by atoms with van der Waals surface area (Å²) in [5.41, 5.74) is -0.00299. The zero-order chi connectivity index (χ0) is 27.1. The molecule has 2 aromatic carbocycles. The molecule has 4 rings (SSSR count). The molecule has 5 nitrogen and oxygen atoms in total. The molecule has 38 heavy (non-hydrogen) atoms. The summed E-state index contributed by atoms with van der Waals surface area (Å²) in [6.07, 6.45) is -4.00. The predicted octanol–water partition coefficient (Wildman–Crippen LogP) is 5.44. The minimum atomic E-state index is -4.65. The number of hydrogen-bond donors (Lipinski definition) is 0. The molecule has 4 atom stereocenters. The van der Waals surface area contributed by atoms with Gasteiger partial charge in [0.05, 0.1) is 44.0 Å². The Morgan fingerprint density at radius 3 is 2.50 bits per heavy atom. The molecule has 0 amide bonds. The number of ether oxygens (including phenoxy) is 3. The summed E-state index contributed by atoms with van der Waals surface area (Å²) in [5, 5.41) is 0. The maximum atomic E-state index is 14.0. The van der Waals surface area contributed by atoms with Crippen LogP contribution < -0.4 is 0 Å². The largest absolute Gasteiger partial charge is 0.416 e. The van der Waals surface area contributed by atoms with Crippen LogP contribution in [-0.2, 0) is 20.4 Å². The number of likely N-dealkylation sites (tertiary alicyclic amines) is 1. The van der Waals surface area contributed by atoms with Gasteiger partial charge in [-0.1, -0.05) is 42.2 Å². The van der Waals surface area contributed by atoms with Crippen LogP contribution in [0.25, 0.3) is 0 Å². The third kappa shape index (κ3) is 7.33. The lowest BCUT2D eigenvalue weighted by molar-refractivity contribution is -0.228. The van der Waals surface area contributed by atoms with Crippen molar-refractivity contribution in [3.05, 3.63) is 71.0 Å². The summed E-state index contributed by atoms with van der Waals surface area (Å²) in [6, 6.07) is 12.2. The molecule has 0 aromatic heterocycles. The Balaban J connectivity index is 1.49. The number of alkyl halides is 3. The lowest BCUT2D eigenvalue weighted by atomic mass is 10.0. The van der Waals surface area contributed by atoms with E-state index in [1.165, 1.54) is 0 Å². The Bertz CT molecular complexity index is 1100. The van der Waals surface area contributed by atoms with Crippen molar-refractivity contribution in [1.82, 2.24) is 9.80 Å². The Hall–Kier alpha value is -2.48. The van der Waals surface area contributed by atoms with Crippen LogP contribution in [-0.4, -0.2) is 68.6 Å². The fourth-order valence-corrected chi connectivity index (χ4v) is 5.09. The van der Waals surface area contributed by atoms with E-state index in [0.717, 1.165) is 37.1 Å². The number of nitrogens with zero attached hydrogens (tertiary/aromatic N) is 2. The second kappa shape index (κ2) is 13.0. The van der Waals surface area contributed by atoms with Crippen molar-refractivity contribution in [1.29, 1.82) is 0 Å². The van der Waals surface area contributed by atoms with Crippen LogP contribution >= 0.6 is 0 Å². The SMILES string of the molecule is COCC1CCCN1CC#CCN1CCOC(O[C@H](C)c2cc(F)cc(C(F)(F)F)c2)C1c1ccccc1. The first kappa shape index (κ1) is 28.5. The molecule has 206 valence electrons. The summed E-state index contributed by atoms with van der Waals surface area (Å²) >= 11 is 0. The standard InChI is InChI=1S/C29H34F4N2O3/c1-21(23-17-24(29(31,32)33)19-25(30)18-23)38-28-27(22-9-4-3-5-10-22)35(15-16-37-28)13-7-6-12-34-14-8-11-26(34)20-36-2/h3-5,9-10,17-19,21,26-28H,8,11-16,20H2,1-2H3/t21-,26?,27?,28?/m1/s1. The van der Waals surface area contributed by atoms with Gasteiger partial charge in [-0.25, -0.2) is 4.39 Å². The number of halogens is 4. The van der Waals surface area contributed by atoms with E-state index in [4.69, 9.17) is 14.2 Å². The maximum absolute atomic E-state index is 14.0. The Kier molecular flexibility index (Phi) is 9.80. The Morgan fingerprint density at radius 1 is 1.05 bits per heavy atom. The van der Waals surface area contributed by atoms with Gasteiger partial charge in [0.25, 0.3) is 0 Å². The van der Waals surface area contributed by atoms with Gasteiger partial charge in [0.1, 0.15) is 5.82 Å². The van der Waals surface area contributed by atoms with Crippen molar-refractivity contribution < 1.29 is 31.8 Å². The molecular weight excluding hydrogens is 500 g/mol. The lowest BCUT2D eigenvalue weighted by Crippen LogP contribution is -2.46. The van der Waals surface area contributed by atoms with Crippen LogP contribution in [0.3, 0.4) is 0 Å². The van der Waals surface area contributed by atoms with Crippen molar-refractivity contribution >= 4 is 0 Å². The first-order valence-corrected chi connectivity index (χ1v) is 12.9. The van der Waals surface area contributed by atoms with Crippen LogP contribution in [0.15, 0.2) is 48.5 Å². The van der Waals surface area contributed by atoms with Crippen LogP contribution in [0, 0.1) is 17.7 Å². The topological polar surface area (TPSA) is 34.2 Å². The zero-order valence-electron chi connectivity index (χ0n) is 21.7. The minimum Gasteiger partial charge on any atom is -0.383 e. The zero-order valence-corrected chi connectivity index (χ0v) is 21.7. The predicted molar refractivity (Wildman–Crippen MR) is 136 cm³/mol. The summed E-state index contributed by atoms with van der Waals surface area (Å²) in [6.45, 7) is 5.47. The molecule has 2 saturated heterocycles. The average molecular weight is 535 g/mol. The van der Waals surface area contributed by atoms with Gasteiger partial charge in [-0.3, -0.25) is 9.80 Å². The first-order chi connectivity index (χ1) is 18.3. The molecule has 2 fully saturated rings. The van der Waals surface area contributed by atoms with Crippen molar-refractivity contribution in [3.63, 3.8) is 0 Å². The fourth-order valence-electron chi connectivity index (χ4n) is 5.09. The maximum Gasteiger partial charge on any atom is 0.416 e. The lowest BCUT2D eigenvalue weighted by Gasteiger charge is -2.41. The highest BCUT2D eigenvalue weighted by Gasteiger charge is 2.36. The number of rotatable bonds is 8. The molecule has 2 heterocycles. The summed E-state index contributed by atoms with van der Waals surface area (Å²) < 4.78 is 71.2. The van der Waals surface area contributed by atoms with E-state index in [-0.39, 0.29) is 11.6 Å². The van der Waals surface area contributed by atoms with Crippen LogP contribution in [0.4, 0.5) is 17.6 Å². The molecule has 0 radical (unpaired) electrons. The molecule has 2 aliphatic rings. The molecule has 9 heteroatoms. The smallest absolute Gasteiger partial charge is 0.383 e. The summed E-state index contributed by atoms with van der Waals surface area (Å²) in [7, 11) is 1.72. The van der Waals surface area contributed by atoms with Crippen molar-refractivity contribution in [3.8, 4) is 11.8 Å². The molecule has 2 aliphatic heterocycles. The Morgan fingerprint density at radius 2 is 1.79 bits per heavy atom. The normalized spacial score (nSPS) is 23.7. The van der Waals surface area contributed by atoms with Gasteiger partial charge < -0.3 is 14.2 Å². The van der Waals surface area contributed by atoms with Gasteiger partial charge in [-0.05, 0) is 55.6 Å². The van der Waals surface area contributed by atoms with E-state index in [1.54, 1.807) is 14.0 Å². The highest BCUT2D eigenvalue weighted by atomic mass is 19.4. The molecule has 0 bridgehead atoms. The number of morpholine rings is 1. The van der Waals surface area contributed by atoms with E-state index in [2.05, 4.69) is 21.6 Å².